The zero-order valence-corrected chi connectivity index (χ0v) is 6.75. The Balaban J connectivity index is 2.71. The Labute approximate surface area is 67.2 Å². The molecular weight excluding hydrogens is 136 g/mol. The molecule has 0 bridgehead atoms. The molecule has 0 aliphatic carbocycles. The summed E-state index contributed by atoms with van der Waals surface area (Å²) in [6, 6.07) is 8.04. The lowest BCUT2D eigenvalue weighted by molar-refractivity contribution is 0.738. The molecule has 60 valence electrons. The van der Waals surface area contributed by atoms with Gasteiger partial charge in [0.05, 0.1) is 0 Å². The lowest BCUT2D eigenvalue weighted by Gasteiger charge is -2.04. The molecule has 0 saturated carbocycles. The van der Waals surface area contributed by atoms with Crippen molar-refractivity contribution in [1.29, 1.82) is 0 Å². The summed E-state index contributed by atoms with van der Waals surface area (Å²) < 4.78 is 0. The minimum atomic E-state index is 0.205. The molecule has 1 aromatic rings. The first-order valence-electron chi connectivity index (χ1n) is 3.78. The number of anilines is 1. The third-order valence-electron chi connectivity index (χ3n) is 1.51. The van der Waals surface area contributed by atoms with E-state index < -0.39 is 0 Å². The molecule has 0 aliphatic rings. The van der Waals surface area contributed by atoms with Crippen LogP contribution < -0.4 is 11.5 Å². The van der Waals surface area contributed by atoms with Gasteiger partial charge < -0.3 is 11.5 Å². The predicted octanol–water partition coefficient (Wildman–Crippen LogP) is 1.16. The van der Waals surface area contributed by atoms with Crippen LogP contribution in [-0.2, 0) is 6.42 Å². The van der Waals surface area contributed by atoms with Crippen molar-refractivity contribution in [2.45, 2.75) is 19.4 Å². The van der Waals surface area contributed by atoms with Crippen LogP contribution in [-0.4, -0.2) is 6.04 Å². The summed E-state index contributed by atoms with van der Waals surface area (Å²) in [5, 5.41) is 0. The van der Waals surface area contributed by atoms with E-state index in [9.17, 15) is 0 Å². The van der Waals surface area contributed by atoms with Gasteiger partial charge in [-0.3, -0.25) is 0 Å². The lowest BCUT2D eigenvalue weighted by Crippen LogP contribution is -2.17. The van der Waals surface area contributed by atoms with E-state index in [1.807, 2.05) is 31.2 Å². The summed E-state index contributed by atoms with van der Waals surface area (Å²) in [7, 11) is 0. The van der Waals surface area contributed by atoms with Gasteiger partial charge in [-0.05, 0) is 31.0 Å². The number of hydrogen-bond donors (Lipinski definition) is 2. The van der Waals surface area contributed by atoms with Gasteiger partial charge in [0.1, 0.15) is 0 Å². The molecule has 0 heterocycles. The third-order valence-corrected chi connectivity index (χ3v) is 1.51. The molecule has 1 rings (SSSR count). The van der Waals surface area contributed by atoms with E-state index in [0.29, 0.717) is 0 Å². The van der Waals surface area contributed by atoms with E-state index in [1.165, 1.54) is 5.56 Å². The van der Waals surface area contributed by atoms with Crippen LogP contribution in [0, 0.1) is 0 Å². The van der Waals surface area contributed by atoms with Crippen LogP contribution in [0.4, 0.5) is 5.69 Å². The SMILES string of the molecule is C[C@H](N)Cc1cccc(N)c1. The van der Waals surface area contributed by atoms with E-state index in [-0.39, 0.29) is 6.04 Å². The molecule has 11 heavy (non-hydrogen) atoms. The van der Waals surface area contributed by atoms with Crippen molar-refractivity contribution in [2.24, 2.45) is 5.73 Å². The Morgan fingerprint density at radius 3 is 2.73 bits per heavy atom. The predicted molar refractivity (Wildman–Crippen MR) is 48.2 cm³/mol. The van der Waals surface area contributed by atoms with Crippen LogP contribution in [0.25, 0.3) is 0 Å². The molecule has 0 aliphatic heterocycles. The highest BCUT2D eigenvalue weighted by molar-refractivity contribution is 5.40. The van der Waals surface area contributed by atoms with Crippen LogP contribution >= 0.6 is 0 Å². The van der Waals surface area contributed by atoms with E-state index in [1.54, 1.807) is 0 Å². The van der Waals surface area contributed by atoms with Crippen molar-refractivity contribution in [3.8, 4) is 0 Å². The Morgan fingerprint density at radius 1 is 1.45 bits per heavy atom. The molecule has 0 fully saturated rings. The van der Waals surface area contributed by atoms with Gasteiger partial charge in [-0.15, -0.1) is 0 Å². The summed E-state index contributed by atoms with van der Waals surface area (Å²) in [6.45, 7) is 1.99. The van der Waals surface area contributed by atoms with Gasteiger partial charge in [-0.25, -0.2) is 0 Å². The number of rotatable bonds is 2. The van der Waals surface area contributed by atoms with Gasteiger partial charge in [-0.2, -0.15) is 0 Å². The monoisotopic (exact) mass is 150 g/mol. The molecule has 0 amide bonds. The fourth-order valence-electron chi connectivity index (χ4n) is 1.09. The highest BCUT2D eigenvalue weighted by atomic mass is 14.6. The van der Waals surface area contributed by atoms with Crippen molar-refractivity contribution in [2.75, 3.05) is 5.73 Å². The minimum Gasteiger partial charge on any atom is -0.399 e. The maximum absolute atomic E-state index is 5.63. The molecule has 0 spiro atoms. The van der Waals surface area contributed by atoms with E-state index in [4.69, 9.17) is 11.5 Å². The summed E-state index contributed by atoms with van der Waals surface area (Å²) in [5.74, 6) is 0. The molecule has 0 unspecified atom stereocenters. The van der Waals surface area contributed by atoms with Crippen LogP contribution in [0.5, 0.6) is 0 Å². The third kappa shape index (κ3) is 2.60. The van der Waals surface area contributed by atoms with Crippen molar-refractivity contribution in [3.05, 3.63) is 29.8 Å². The highest BCUT2D eigenvalue weighted by Crippen LogP contribution is 2.07. The second-order valence-electron chi connectivity index (χ2n) is 2.93. The molecule has 2 heteroatoms. The van der Waals surface area contributed by atoms with Gasteiger partial charge in [0.25, 0.3) is 0 Å². The van der Waals surface area contributed by atoms with Gasteiger partial charge in [0, 0.05) is 11.7 Å². The average molecular weight is 150 g/mol. The van der Waals surface area contributed by atoms with Crippen molar-refractivity contribution in [1.82, 2.24) is 0 Å². The van der Waals surface area contributed by atoms with Crippen LogP contribution in [0.1, 0.15) is 12.5 Å². The first-order valence-corrected chi connectivity index (χ1v) is 3.78. The highest BCUT2D eigenvalue weighted by Gasteiger charge is 1.96. The smallest absolute Gasteiger partial charge is 0.0316 e. The van der Waals surface area contributed by atoms with Crippen molar-refractivity contribution < 1.29 is 0 Å². The Morgan fingerprint density at radius 2 is 2.18 bits per heavy atom. The summed E-state index contributed by atoms with van der Waals surface area (Å²) in [5.41, 5.74) is 13.2. The fourth-order valence-corrected chi connectivity index (χ4v) is 1.09. The molecular formula is C9H14N2. The second kappa shape index (κ2) is 3.39. The normalized spacial score (nSPS) is 12.9. The van der Waals surface area contributed by atoms with Gasteiger partial charge in [-0.1, -0.05) is 12.1 Å². The molecule has 1 atom stereocenters. The van der Waals surface area contributed by atoms with E-state index in [2.05, 4.69) is 0 Å². The quantitative estimate of drug-likeness (QED) is 0.621. The second-order valence-corrected chi connectivity index (χ2v) is 2.93. The molecule has 1 aromatic carbocycles. The molecule has 2 nitrogen and oxygen atoms in total. The first-order chi connectivity index (χ1) is 5.18. The first kappa shape index (κ1) is 8.08. The zero-order chi connectivity index (χ0) is 8.27. The topological polar surface area (TPSA) is 52.0 Å². The van der Waals surface area contributed by atoms with Gasteiger partial charge >= 0.3 is 0 Å². The fraction of sp³-hybridized carbons (Fsp3) is 0.333. The molecule has 0 aromatic heterocycles. The van der Waals surface area contributed by atoms with Gasteiger partial charge in [0.2, 0.25) is 0 Å². The van der Waals surface area contributed by atoms with Crippen LogP contribution in [0.2, 0.25) is 0 Å². The number of nitrogens with two attached hydrogens (primary N) is 2. The zero-order valence-electron chi connectivity index (χ0n) is 6.75. The minimum absolute atomic E-state index is 0.205. The Kier molecular flexibility index (Phi) is 2.49. The molecule has 4 N–H and O–H groups in total. The standard InChI is InChI=1S/C9H14N2/c1-7(10)5-8-3-2-4-9(11)6-8/h2-4,6-7H,5,10-11H2,1H3/t7-/m0/s1. The van der Waals surface area contributed by atoms with Crippen LogP contribution in [0.15, 0.2) is 24.3 Å². The Bertz CT molecular complexity index is 231. The average Bonchev–Trinajstić information content (AvgIpc) is 1.85. The number of nitrogen functional groups attached to an aromatic ring is 1. The maximum atomic E-state index is 5.63. The number of hydrogen-bond acceptors (Lipinski definition) is 2. The number of benzene rings is 1. The van der Waals surface area contributed by atoms with Crippen molar-refractivity contribution >= 4 is 5.69 Å². The summed E-state index contributed by atoms with van der Waals surface area (Å²) >= 11 is 0. The maximum Gasteiger partial charge on any atom is 0.0316 e. The summed E-state index contributed by atoms with van der Waals surface area (Å²) in [6.07, 6.45) is 0.894. The molecule has 0 radical (unpaired) electrons. The van der Waals surface area contributed by atoms with Crippen molar-refractivity contribution in [3.63, 3.8) is 0 Å². The van der Waals surface area contributed by atoms with Gasteiger partial charge in [0.15, 0.2) is 0 Å². The van der Waals surface area contributed by atoms with E-state index in [0.717, 1.165) is 12.1 Å². The largest absolute Gasteiger partial charge is 0.399 e. The lowest BCUT2D eigenvalue weighted by atomic mass is 10.1. The van der Waals surface area contributed by atoms with Crippen LogP contribution in [0.3, 0.4) is 0 Å². The summed E-state index contributed by atoms with van der Waals surface area (Å²) in [4.78, 5) is 0. The Hall–Kier alpha value is -1.02. The van der Waals surface area contributed by atoms with E-state index >= 15 is 0 Å². The molecule has 0 saturated heterocycles.